The number of rotatable bonds is 3. The van der Waals surface area contributed by atoms with Gasteiger partial charge in [-0.1, -0.05) is 25.3 Å². The monoisotopic (exact) mass is 258 g/mol. The first kappa shape index (κ1) is 12.8. The van der Waals surface area contributed by atoms with Gasteiger partial charge in [-0.05, 0) is 50.3 Å². The van der Waals surface area contributed by atoms with Crippen molar-refractivity contribution in [3.05, 3.63) is 23.8 Å². The predicted molar refractivity (Wildman–Crippen MR) is 83.1 cm³/mol. The minimum atomic E-state index is 0.771. The van der Waals surface area contributed by atoms with Crippen molar-refractivity contribution in [1.29, 1.82) is 0 Å². The fraction of sp³-hybridized carbons (Fsp3) is 0.647. The van der Waals surface area contributed by atoms with Crippen LogP contribution in [0.5, 0.6) is 0 Å². The van der Waals surface area contributed by atoms with Crippen LogP contribution >= 0.6 is 0 Å². The minimum Gasteiger partial charge on any atom is -0.385 e. The van der Waals surface area contributed by atoms with Crippen molar-refractivity contribution in [1.82, 2.24) is 0 Å². The molecule has 3 rings (SSSR count). The molecule has 1 saturated carbocycles. The van der Waals surface area contributed by atoms with Gasteiger partial charge < -0.3 is 10.2 Å². The maximum absolute atomic E-state index is 3.56. The highest BCUT2D eigenvalue weighted by molar-refractivity contribution is 5.68. The Bertz CT molecular complexity index is 421. The molecule has 0 unspecified atom stereocenters. The summed E-state index contributed by atoms with van der Waals surface area (Å²) in [4.78, 5) is 2.67. The molecule has 2 nitrogen and oxygen atoms in total. The van der Waals surface area contributed by atoms with E-state index in [1.54, 1.807) is 5.56 Å². The molecule has 2 aliphatic rings. The smallest absolute Gasteiger partial charge is 0.0421 e. The van der Waals surface area contributed by atoms with E-state index in [-0.39, 0.29) is 0 Å². The second-order valence-electron chi connectivity index (χ2n) is 5.91. The van der Waals surface area contributed by atoms with Crippen LogP contribution in [0.15, 0.2) is 18.2 Å². The van der Waals surface area contributed by atoms with Crippen LogP contribution in [-0.2, 0) is 6.42 Å². The molecule has 0 amide bonds. The Labute approximate surface area is 117 Å². The van der Waals surface area contributed by atoms with Gasteiger partial charge in [0.05, 0.1) is 0 Å². The van der Waals surface area contributed by atoms with E-state index in [0.717, 1.165) is 19.1 Å². The standard InChI is InChI=1S/C17H26N2/c1-2-19(14-8-4-3-5-9-14)17-12-6-11-16-15(17)10-7-13-18-16/h6,11-12,14,18H,2-5,7-10,13H2,1H3. The summed E-state index contributed by atoms with van der Waals surface area (Å²) in [5.74, 6) is 0. The highest BCUT2D eigenvalue weighted by atomic mass is 15.2. The number of hydrogen-bond donors (Lipinski definition) is 1. The number of anilines is 2. The Hall–Kier alpha value is -1.18. The molecule has 0 saturated heterocycles. The lowest BCUT2D eigenvalue weighted by atomic mass is 9.92. The summed E-state index contributed by atoms with van der Waals surface area (Å²) < 4.78 is 0. The zero-order valence-electron chi connectivity index (χ0n) is 12.1. The number of hydrogen-bond acceptors (Lipinski definition) is 2. The van der Waals surface area contributed by atoms with E-state index in [4.69, 9.17) is 0 Å². The summed E-state index contributed by atoms with van der Waals surface area (Å²) >= 11 is 0. The molecule has 104 valence electrons. The summed E-state index contributed by atoms with van der Waals surface area (Å²) in [5, 5.41) is 3.56. The lowest BCUT2D eigenvalue weighted by molar-refractivity contribution is 0.417. The SMILES string of the molecule is CCN(c1cccc2c1CCCN2)C1CCCCC1. The fourth-order valence-electron chi connectivity index (χ4n) is 3.78. The first-order valence-corrected chi connectivity index (χ1v) is 8.02. The van der Waals surface area contributed by atoms with E-state index < -0.39 is 0 Å². The zero-order valence-corrected chi connectivity index (χ0v) is 12.1. The van der Waals surface area contributed by atoms with E-state index in [0.29, 0.717) is 0 Å². The molecule has 0 atom stereocenters. The molecule has 1 aliphatic heterocycles. The molecule has 1 aromatic rings. The molecule has 1 aromatic carbocycles. The zero-order chi connectivity index (χ0) is 13.1. The maximum Gasteiger partial charge on any atom is 0.0421 e. The first-order chi connectivity index (χ1) is 9.40. The molecule has 1 aliphatic carbocycles. The van der Waals surface area contributed by atoms with Gasteiger partial charge in [0.25, 0.3) is 0 Å². The van der Waals surface area contributed by atoms with Gasteiger partial charge in [-0.15, -0.1) is 0 Å². The van der Waals surface area contributed by atoms with Crippen LogP contribution in [0, 0.1) is 0 Å². The highest BCUT2D eigenvalue weighted by Gasteiger charge is 2.23. The molecular formula is C17H26N2. The van der Waals surface area contributed by atoms with Gasteiger partial charge in [0, 0.05) is 30.5 Å². The summed E-state index contributed by atoms with van der Waals surface area (Å²) in [6.07, 6.45) is 9.52. The minimum absolute atomic E-state index is 0.771. The Morgan fingerprint density at radius 2 is 2.00 bits per heavy atom. The normalized spacial score (nSPS) is 19.6. The molecule has 0 aromatic heterocycles. The Kier molecular flexibility index (Phi) is 3.95. The molecule has 19 heavy (non-hydrogen) atoms. The predicted octanol–water partition coefficient (Wildman–Crippen LogP) is 4.20. The Morgan fingerprint density at radius 3 is 2.79 bits per heavy atom. The van der Waals surface area contributed by atoms with Gasteiger partial charge >= 0.3 is 0 Å². The van der Waals surface area contributed by atoms with Crippen molar-refractivity contribution in [2.75, 3.05) is 23.3 Å². The summed E-state index contributed by atoms with van der Waals surface area (Å²) in [6, 6.07) is 7.57. The van der Waals surface area contributed by atoms with Crippen LogP contribution in [0.4, 0.5) is 11.4 Å². The molecule has 0 bridgehead atoms. The van der Waals surface area contributed by atoms with E-state index in [2.05, 4.69) is 35.3 Å². The van der Waals surface area contributed by atoms with Gasteiger partial charge in [-0.25, -0.2) is 0 Å². The largest absolute Gasteiger partial charge is 0.385 e. The van der Waals surface area contributed by atoms with Gasteiger partial charge in [0.2, 0.25) is 0 Å². The van der Waals surface area contributed by atoms with E-state index in [1.165, 1.54) is 56.3 Å². The van der Waals surface area contributed by atoms with Crippen LogP contribution in [0.3, 0.4) is 0 Å². The van der Waals surface area contributed by atoms with Crippen molar-refractivity contribution in [2.24, 2.45) is 0 Å². The summed E-state index contributed by atoms with van der Waals surface area (Å²) in [7, 11) is 0. The van der Waals surface area contributed by atoms with Crippen molar-refractivity contribution >= 4 is 11.4 Å². The molecule has 1 fully saturated rings. The van der Waals surface area contributed by atoms with Crippen LogP contribution in [-0.4, -0.2) is 19.1 Å². The molecule has 1 N–H and O–H groups in total. The van der Waals surface area contributed by atoms with Crippen LogP contribution < -0.4 is 10.2 Å². The fourth-order valence-corrected chi connectivity index (χ4v) is 3.78. The quantitative estimate of drug-likeness (QED) is 0.874. The van der Waals surface area contributed by atoms with Gasteiger partial charge in [-0.2, -0.15) is 0 Å². The topological polar surface area (TPSA) is 15.3 Å². The third-order valence-corrected chi connectivity index (χ3v) is 4.74. The lowest BCUT2D eigenvalue weighted by Gasteiger charge is -2.37. The van der Waals surface area contributed by atoms with Crippen molar-refractivity contribution in [2.45, 2.75) is 57.9 Å². The lowest BCUT2D eigenvalue weighted by Crippen LogP contribution is -2.37. The first-order valence-electron chi connectivity index (χ1n) is 8.02. The second kappa shape index (κ2) is 5.85. The number of nitrogens with zero attached hydrogens (tertiary/aromatic N) is 1. The van der Waals surface area contributed by atoms with Crippen molar-refractivity contribution in [3.63, 3.8) is 0 Å². The van der Waals surface area contributed by atoms with Gasteiger partial charge in [-0.3, -0.25) is 0 Å². The molecule has 0 spiro atoms. The third-order valence-electron chi connectivity index (χ3n) is 4.74. The third kappa shape index (κ3) is 2.58. The number of nitrogens with one attached hydrogen (secondary N) is 1. The molecule has 0 radical (unpaired) electrons. The van der Waals surface area contributed by atoms with Gasteiger partial charge in [0.1, 0.15) is 0 Å². The van der Waals surface area contributed by atoms with Crippen molar-refractivity contribution in [3.8, 4) is 0 Å². The average molecular weight is 258 g/mol. The molecule has 1 heterocycles. The summed E-state index contributed by atoms with van der Waals surface area (Å²) in [5.41, 5.74) is 4.43. The Balaban J connectivity index is 1.90. The summed E-state index contributed by atoms with van der Waals surface area (Å²) in [6.45, 7) is 4.58. The number of benzene rings is 1. The maximum atomic E-state index is 3.56. The highest BCUT2D eigenvalue weighted by Crippen LogP contribution is 2.35. The van der Waals surface area contributed by atoms with Crippen LogP contribution in [0.1, 0.15) is 51.0 Å². The molecular weight excluding hydrogens is 232 g/mol. The second-order valence-corrected chi connectivity index (χ2v) is 5.91. The average Bonchev–Trinajstić information content (AvgIpc) is 2.49. The van der Waals surface area contributed by atoms with Crippen LogP contribution in [0.2, 0.25) is 0 Å². The number of fused-ring (bicyclic) bond motifs is 1. The van der Waals surface area contributed by atoms with Crippen molar-refractivity contribution < 1.29 is 0 Å². The Morgan fingerprint density at radius 1 is 1.16 bits per heavy atom. The van der Waals surface area contributed by atoms with E-state index in [1.807, 2.05) is 0 Å². The van der Waals surface area contributed by atoms with Crippen LogP contribution in [0.25, 0.3) is 0 Å². The van der Waals surface area contributed by atoms with Gasteiger partial charge in [0.15, 0.2) is 0 Å². The van der Waals surface area contributed by atoms with E-state index in [9.17, 15) is 0 Å². The van der Waals surface area contributed by atoms with E-state index >= 15 is 0 Å². The molecule has 2 heteroatoms.